The van der Waals surface area contributed by atoms with Gasteiger partial charge in [-0.05, 0) is 128 Å². The summed E-state index contributed by atoms with van der Waals surface area (Å²) < 4.78 is 14.2. The zero-order valence-corrected chi connectivity index (χ0v) is 55.7. The van der Waals surface area contributed by atoms with Crippen LogP contribution in [0.5, 0.6) is 0 Å². The van der Waals surface area contributed by atoms with E-state index in [1.54, 1.807) is 22.7 Å². The summed E-state index contributed by atoms with van der Waals surface area (Å²) in [5.74, 6) is 1.29. The van der Waals surface area contributed by atoms with Crippen molar-refractivity contribution in [2.45, 2.75) is 0 Å². The molecule has 15 aromatic carbocycles. The SMILES string of the molecule is c1ccc2cc(-c3nc(-n4c5cc6ccccc6cc5c5c6c7cc(-c8ccc(-c9nc(-n%10c%11cc%12ccccc%12cc%11c%11c%12c%13ccccc%13n%13c%14ccccc%14c(cc%11%10)c%12%13)nc%10c9sc9ccccc9%10)cc8)ccc7n7c8ccccc8c(cc54)c67)nc4c3sc3ccccc34)ccc2c1. The lowest BCUT2D eigenvalue weighted by atomic mass is 9.97. The zero-order chi connectivity index (χ0) is 65.9. The number of benzene rings is 15. The molecular weight excluding hydrogens is 1280 g/mol. The van der Waals surface area contributed by atoms with E-state index in [2.05, 4.69) is 309 Å². The first kappa shape index (κ1) is 53.9. The van der Waals surface area contributed by atoms with Gasteiger partial charge in [-0.1, -0.05) is 206 Å². The molecule has 8 nitrogen and oxygen atoms in total. The average Bonchev–Trinajstić information content (AvgIpc) is 1.52. The van der Waals surface area contributed by atoms with Gasteiger partial charge in [0.15, 0.2) is 0 Å². The molecule has 0 bridgehead atoms. The van der Waals surface area contributed by atoms with Crippen LogP contribution in [0.1, 0.15) is 0 Å². The fraction of sp³-hybridized carbons (Fsp3) is 0. The first-order chi connectivity index (χ1) is 50.6. The number of rotatable bonds is 5. The Morgan fingerprint density at radius 2 is 0.618 bits per heavy atom. The van der Waals surface area contributed by atoms with Gasteiger partial charge < -0.3 is 8.80 Å². The summed E-state index contributed by atoms with van der Waals surface area (Å²) in [6, 6.07) is 108. The highest BCUT2D eigenvalue weighted by molar-refractivity contribution is 7.26. The molecule has 0 amide bonds. The Hall–Kier alpha value is -13.1. The van der Waals surface area contributed by atoms with E-state index in [4.69, 9.17) is 19.9 Å². The standard InChI is InChI=1S/C92H48N8S2/c1-2-18-52-41-58(38-35-49(52)17-1)84-90-86(63-27-11-16-32-78(63)102-90)96-92(94-84)100-74-46-56-22-6-4-20-54(56)43-68(74)80-76(100)48-65-60-24-8-13-29-70(60)98-72-40-39-57(44-66(72)82(80)88(65)98)50-33-36-51(37-34-50)83-89-85(62-26-10-15-31-77(62)101-89)95-91(93-83)99-73-45-55-21-5-3-19-53(55)42-67(73)79-75(99)47-64-59-23-7-12-28-69(59)97-71-30-14-9-25-61(71)81(79)87(64)97/h1-48H. The highest BCUT2D eigenvalue weighted by atomic mass is 32.1. The van der Waals surface area contributed by atoms with Crippen LogP contribution in [0.25, 0.3) is 238 Å². The Morgan fingerprint density at radius 3 is 1.17 bits per heavy atom. The molecule has 0 unspecified atom stereocenters. The minimum atomic E-state index is 0.643. The van der Waals surface area contributed by atoms with E-state index in [0.717, 1.165) is 103 Å². The van der Waals surface area contributed by atoms with Gasteiger partial charge in [-0.25, -0.2) is 19.9 Å². The lowest BCUT2D eigenvalue weighted by Gasteiger charge is -2.11. The van der Waals surface area contributed by atoms with Crippen LogP contribution in [-0.2, 0) is 0 Å². The van der Waals surface area contributed by atoms with Crippen molar-refractivity contribution in [1.82, 2.24) is 37.9 Å². The van der Waals surface area contributed by atoms with Crippen molar-refractivity contribution in [2.75, 3.05) is 0 Å². The van der Waals surface area contributed by atoms with Crippen molar-refractivity contribution in [2.24, 2.45) is 0 Å². The molecule has 0 aliphatic heterocycles. The minimum Gasteiger partial charge on any atom is -0.308 e. The van der Waals surface area contributed by atoms with Gasteiger partial charge in [0.1, 0.15) is 0 Å². The third-order valence-corrected chi connectivity index (χ3v) is 24.7. The number of thiophene rings is 2. The first-order valence-electron chi connectivity index (χ1n) is 34.7. The summed E-state index contributed by atoms with van der Waals surface area (Å²) in [7, 11) is 0. The lowest BCUT2D eigenvalue weighted by Crippen LogP contribution is -2.03. The van der Waals surface area contributed by atoms with Gasteiger partial charge in [0.05, 0.1) is 87.0 Å². The van der Waals surface area contributed by atoms with Crippen LogP contribution in [0.3, 0.4) is 0 Å². The van der Waals surface area contributed by atoms with Gasteiger partial charge in [0, 0.05) is 95.9 Å². The first-order valence-corrected chi connectivity index (χ1v) is 36.3. The monoisotopic (exact) mass is 1330 g/mol. The molecular formula is C92H48N8S2. The third-order valence-electron chi connectivity index (χ3n) is 22.4. The van der Waals surface area contributed by atoms with Gasteiger partial charge in [0.2, 0.25) is 11.9 Å². The Bertz CT molecular complexity index is 8080. The summed E-state index contributed by atoms with van der Waals surface area (Å²) in [5, 5.41) is 23.8. The Balaban J connectivity index is 0.718. The molecule has 0 radical (unpaired) electrons. The molecule has 0 saturated heterocycles. The van der Waals surface area contributed by atoms with Crippen LogP contribution >= 0.6 is 22.7 Å². The van der Waals surface area contributed by atoms with E-state index >= 15 is 0 Å². The van der Waals surface area contributed by atoms with Gasteiger partial charge in [-0.15, -0.1) is 22.7 Å². The maximum Gasteiger partial charge on any atom is 0.235 e. The summed E-state index contributed by atoms with van der Waals surface area (Å²) in [6.45, 7) is 0. The largest absolute Gasteiger partial charge is 0.308 e. The summed E-state index contributed by atoms with van der Waals surface area (Å²) in [6.07, 6.45) is 0. The molecule has 0 aliphatic carbocycles. The average molecular weight is 1330 g/mol. The predicted molar refractivity (Wildman–Crippen MR) is 430 cm³/mol. The van der Waals surface area contributed by atoms with Gasteiger partial charge in [-0.3, -0.25) is 9.13 Å². The topological polar surface area (TPSA) is 70.2 Å². The maximum absolute atomic E-state index is 5.84. The van der Waals surface area contributed by atoms with Crippen molar-refractivity contribution < 1.29 is 0 Å². The smallest absolute Gasteiger partial charge is 0.235 e. The number of hydrogen-bond acceptors (Lipinski definition) is 6. The molecule has 0 spiro atoms. The molecule has 102 heavy (non-hydrogen) atoms. The third kappa shape index (κ3) is 6.98. The summed E-state index contributed by atoms with van der Waals surface area (Å²) >= 11 is 3.54. The number of nitrogens with zero attached hydrogens (tertiary/aromatic N) is 8. The molecule has 468 valence electrons. The van der Waals surface area contributed by atoms with Crippen molar-refractivity contribution in [3.05, 3.63) is 291 Å². The second kappa shape index (κ2) is 19.4. The second-order valence-electron chi connectivity index (χ2n) is 27.6. The second-order valence-corrected chi connectivity index (χ2v) is 29.7. The van der Waals surface area contributed by atoms with Crippen LogP contribution < -0.4 is 0 Å². The van der Waals surface area contributed by atoms with Crippen LogP contribution in [0.4, 0.5) is 0 Å². The highest BCUT2D eigenvalue weighted by Gasteiger charge is 2.30. The van der Waals surface area contributed by atoms with Crippen molar-refractivity contribution in [3.63, 3.8) is 0 Å². The number of hydrogen-bond donors (Lipinski definition) is 0. The Kier molecular flexibility index (Phi) is 10.2. The molecule has 0 atom stereocenters. The van der Waals surface area contributed by atoms with Gasteiger partial charge >= 0.3 is 0 Å². The molecule has 0 aliphatic rings. The number of fused-ring (bicyclic) bond motifs is 29. The zero-order valence-electron chi connectivity index (χ0n) is 54.1. The van der Waals surface area contributed by atoms with E-state index in [1.165, 1.54) is 123 Å². The van der Waals surface area contributed by atoms with Gasteiger partial charge in [0.25, 0.3) is 0 Å². The minimum absolute atomic E-state index is 0.643. The van der Waals surface area contributed by atoms with Crippen LogP contribution in [-0.4, -0.2) is 37.9 Å². The van der Waals surface area contributed by atoms with E-state index < -0.39 is 0 Å². The Morgan fingerprint density at radius 1 is 0.225 bits per heavy atom. The van der Waals surface area contributed by atoms with E-state index in [-0.39, 0.29) is 0 Å². The normalized spacial score (nSPS) is 12.7. The summed E-state index contributed by atoms with van der Waals surface area (Å²) in [5.41, 5.74) is 19.6. The van der Waals surface area contributed by atoms with E-state index in [1.807, 2.05) is 0 Å². The summed E-state index contributed by atoms with van der Waals surface area (Å²) in [4.78, 5) is 23.1. The lowest BCUT2D eigenvalue weighted by molar-refractivity contribution is 1.02. The molecule has 25 aromatic rings. The van der Waals surface area contributed by atoms with Crippen molar-refractivity contribution in [1.29, 1.82) is 0 Å². The fourth-order valence-corrected chi connectivity index (χ4v) is 20.3. The molecule has 10 aromatic heterocycles. The van der Waals surface area contributed by atoms with Crippen molar-refractivity contribution in [3.8, 4) is 45.5 Å². The van der Waals surface area contributed by atoms with Crippen LogP contribution in [0.2, 0.25) is 0 Å². The van der Waals surface area contributed by atoms with Gasteiger partial charge in [-0.2, -0.15) is 0 Å². The molecule has 10 heterocycles. The van der Waals surface area contributed by atoms with E-state index in [9.17, 15) is 0 Å². The van der Waals surface area contributed by atoms with Crippen LogP contribution in [0, 0.1) is 0 Å². The number of aromatic nitrogens is 8. The quantitative estimate of drug-likeness (QED) is 0.172. The molecule has 0 saturated carbocycles. The molecule has 10 heteroatoms. The maximum atomic E-state index is 5.84. The molecule has 0 N–H and O–H groups in total. The van der Waals surface area contributed by atoms with Crippen LogP contribution in [0.15, 0.2) is 291 Å². The predicted octanol–water partition coefficient (Wildman–Crippen LogP) is 25.0. The van der Waals surface area contributed by atoms with Crippen molar-refractivity contribution >= 4 is 215 Å². The highest BCUT2D eigenvalue weighted by Crippen LogP contribution is 2.52. The Labute approximate surface area is 585 Å². The fourth-order valence-electron chi connectivity index (χ4n) is 18.0. The molecule has 25 rings (SSSR count). The van der Waals surface area contributed by atoms with E-state index in [0.29, 0.717) is 11.9 Å². The number of para-hydroxylation sites is 3. The molecule has 0 fully saturated rings.